The van der Waals surface area contributed by atoms with Gasteiger partial charge in [-0.1, -0.05) is 54.6 Å². The van der Waals surface area contributed by atoms with Crippen LogP contribution in [0.2, 0.25) is 0 Å². The number of amides is 2. The first-order valence-corrected chi connectivity index (χ1v) is 13.3. The fourth-order valence-electron chi connectivity index (χ4n) is 4.73. The van der Waals surface area contributed by atoms with Gasteiger partial charge in [0, 0.05) is 48.4 Å². The number of aryl methyl sites for hydroxylation is 1. The Morgan fingerprint density at radius 2 is 1.45 bits per heavy atom. The quantitative estimate of drug-likeness (QED) is 0.134. The van der Waals surface area contributed by atoms with Gasteiger partial charge >= 0.3 is 12.4 Å². The number of halogens is 6. The van der Waals surface area contributed by atoms with Crippen molar-refractivity contribution in [3.05, 3.63) is 119 Å². The summed E-state index contributed by atoms with van der Waals surface area (Å²) >= 11 is 0. The molecule has 12 heteroatoms. The molecule has 0 radical (unpaired) electrons. The Balaban J connectivity index is 1.65. The average Bonchev–Trinajstić information content (AvgIpc) is 3.31. The number of nitrogens with zero attached hydrogens (tertiary/aromatic N) is 2. The molecule has 0 fully saturated rings. The van der Waals surface area contributed by atoms with Gasteiger partial charge in [-0.3, -0.25) is 14.4 Å². The Morgan fingerprint density at radius 3 is 2.07 bits per heavy atom. The molecule has 0 aliphatic rings. The molecule has 4 aromatic rings. The summed E-state index contributed by atoms with van der Waals surface area (Å²) in [6, 6.07) is 15.3. The van der Waals surface area contributed by atoms with Crippen LogP contribution >= 0.6 is 0 Å². The standard InChI is InChI=1S/C32H27F6N3O3/c1-40-19-22(26-10-6-7-11-27(26)40)16-25(12-13-29(43)39-18-28(42)20-8-4-3-5-9-20)41(2)30(44)21-14-23(31(33,34)35)17-24(15-21)32(36,37)38/h3-15,17,19,25H,16,18H2,1-2H3,(H,39,43). The fourth-order valence-corrected chi connectivity index (χ4v) is 4.73. The molecule has 3 aromatic carbocycles. The van der Waals surface area contributed by atoms with E-state index < -0.39 is 46.9 Å². The van der Waals surface area contributed by atoms with Crippen LogP contribution in [0.25, 0.3) is 10.9 Å². The molecule has 44 heavy (non-hydrogen) atoms. The van der Waals surface area contributed by atoms with E-state index in [1.165, 1.54) is 13.1 Å². The maximum absolute atomic E-state index is 13.5. The van der Waals surface area contributed by atoms with Crippen LogP contribution in [-0.4, -0.2) is 46.7 Å². The van der Waals surface area contributed by atoms with E-state index >= 15 is 0 Å². The van der Waals surface area contributed by atoms with Crippen LogP contribution in [0.3, 0.4) is 0 Å². The van der Waals surface area contributed by atoms with Gasteiger partial charge in [-0.15, -0.1) is 0 Å². The van der Waals surface area contributed by atoms with Gasteiger partial charge in [0.15, 0.2) is 5.78 Å². The zero-order valence-corrected chi connectivity index (χ0v) is 23.5. The van der Waals surface area contributed by atoms with Crippen molar-refractivity contribution in [3.63, 3.8) is 0 Å². The largest absolute Gasteiger partial charge is 0.416 e. The second kappa shape index (κ2) is 12.8. The van der Waals surface area contributed by atoms with Crippen LogP contribution in [0, 0.1) is 0 Å². The van der Waals surface area contributed by atoms with Gasteiger partial charge in [0.05, 0.1) is 23.7 Å². The summed E-state index contributed by atoms with van der Waals surface area (Å²) in [7, 11) is 3.02. The maximum Gasteiger partial charge on any atom is 0.416 e. The molecule has 0 aliphatic carbocycles. The van der Waals surface area contributed by atoms with Crippen molar-refractivity contribution in [2.24, 2.45) is 7.05 Å². The number of carbonyl (C=O) groups excluding carboxylic acids is 3. The smallest absolute Gasteiger partial charge is 0.350 e. The number of aromatic nitrogens is 1. The van der Waals surface area contributed by atoms with Crippen LogP contribution in [0.4, 0.5) is 26.3 Å². The number of benzene rings is 3. The van der Waals surface area contributed by atoms with Crippen molar-refractivity contribution in [2.45, 2.75) is 24.8 Å². The fraction of sp³-hybridized carbons (Fsp3) is 0.219. The monoisotopic (exact) mass is 615 g/mol. The normalized spacial score (nSPS) is 12.8. The zero-order chi connectivity index (χ0) is 32.2. The second-order valence-electron chi connectivity index (χ2n) is 10.1. The van der Waals surface area contributed by atoms with E-state index in [0.29, 0.717) is 17.7 Å². The maximum atomic E-state index is 13.5. The minimum atomic E-state index is -5.13. The number of rotatable bonds is 9. The summed E-state index contributed by atoms with van der Waals surface area (Å²) in [5.41, 5.74) is -2.10. The first-order chi connectivity index (χ1) is 20.6. The van der Waals surface area contributed by atoms with Crippen LogP contribution < -0.4 is 5.32 Å². The van der Waals surface area contributed by atoms with E-state index in [1.54, 1.807) is 49.6 Å². The van der Waals surface area contributed by atoms with Gasteiger partial charge in [0.25, 0.3) is 5.91 Å². The van der Waals surface area contributed by atoms with Crippen LogP contribution in [0.5, 0.6) is 0 Å². The van der Waals surface area contributed by atoms with Gasteiger partial charge in [0.2, 0.25) is 5.91 Å². The number of ketones is 1. The van der Waals surface area contributed by atoms with Crippen LogP contribution in [0.15, 0.2) is 91.1 Å². The average molecular weight is 616 g/mol. The van der Waals surface area contributed by atoms with E-state index in [9.17, 15) is 40.7 Å². The first-order valence-electron chi connectivity index (χ1n) is 13.3. The number of likely N-dealkylation sites (N-methyl/N-ethyl adjacent to an activating group) is 1. The Hall–Kier alpha value is -4.87. The number of hydrogen-bond acceptors (Lipinski definition) is 3. The van der Waals surface area contributed by atoms with Gasteiger partial charge in [-0.2, -0.15) is 26.3 Å². The molecule has 1 atom stereocenters. The Kier molecular flexibility index (Phi) is 9.31. The summed E-state index contributed by atoms with van der Waals surface area (Å²) in [6.45, 7) is -0.319. The lowest BCUT2D eigenvalue weighted by Gasteiger charge is -2.27. The summed E-state index contributed by atoms with van der Waals surface area (Å²) < 4.78 is 82.7. The molecule has 1 unspecified atom stereocenters. The summed E-state index contributed by atoms with van der Waals surface area (Å²) in [5, 5.41) is 3.26. The SMILES string of the molecule is CN(C(=O)c1cc(C(F)(F)F)cc(C(F)(F)F)c1)C(C=CC(=O)NCC(=O)c1ccccc1)Cc1cn(C)c2ccccc12. The zero-order valence-electron chi connectivity index (χ0n) is 23.5. The number of carbonyl (C=O) groups is 3. The molecule has 1 heterocycles. The molecule has 230 valence electrons. The molecule has 2 amide bonds. The third-order valence-electron chi connectivity index (χ3n) is 7.05. The second-order valence-corrected chi connectivity index (χ2v) is 10.1. The summed E-state index contributed by atoms with van der Waals surface area (Å²) in [4.78, 5) is 39.4. The van der Waals surface area contributed by atoms with E-state index in [4.69, 9.17) is 0 Å². The number of fused-ring (bicyclic) bond motifs is 1. The number of alkyl halides is 6. The van der Waals surface area contributed by atoms with Gasteiger partial charge < -0.3 is 14.8 Å². The molecule has 6 nitrogen and oxygen atoms in total. The highest BCUT2D eigenvalue weighted by atomic mass is 19.4. The predicted molar refractivity (Wildman–Crippen MR) is 152 cm³/mol. The number of Topliss-reactive ketones (excluding diaryl/α,β-unsaturated/α-hetero) is 1. The minimum absolute atomic E-state index is 0.0503. The number of hydrogen-bond donors (Lipinski definition) is 1. The molecule has 1 N–H and O–H groups in total. The highest BCUT2D eigenvalue weighted by Gasteiger charge is 2.38. The number of para-hydroxylation sites is 1. The Morgan fingerprint density at radius 1 is 0.864 bits per heavy atom. The highest BCUT2D eigenvalue weighted by molar-refractivity contribution is 6.00. The van der Waals surface area contributed by atoms with E-state index in [2.05, 4.69) is 5.32 Å². The molecule has 1 aromatic heterocycles. The van der Waals surface area contributed by atoms with Gasteiger partial charge in [-0.25, -0.2) is 0 Å². The van der Waals surface area contributed by atoms with Gasteiger partial charge in [0.1, 0.15) is 0 Å². The van der Waals surface area contributed by atoms with E-state index in [1.807, 2.05) is 22.8 Å². The molecule has 0 saturated heterocycles. The molecule has 0 saturated carbocycles. The van der Waals surface area contributed by atoms with Crippen molar-refractivity contribution >= 4 is 28.5 Å². The molecular formula is C32H27F6N3O3. The topological polar surface area (TPSA) is 71.4 Å². The lowest BCUT2D eigenvalue weighted by molar-refractivity contribution is -0.143. The van der Waals surface area contributed by atoms with Crippen molar-refractivity contribution in [1.29, 1.82) is 0 Å². The van der Waals surface area contributed by atoms with Crippen LogP contribution in [0.1, 0.15) is 37.4 Å². The lowest BCUT2D eigenvalue weighted by atomic mass is 10.0. The van der Waals surface area contributed by atoms with Crippen molar-refractivity contribution in [2.75, 3.05) is 13.6 Å². The molecule has 4 rings (SSSR count). The van der Waals surface area contributed by atoms with Crippen molar-refractivity contribution in [3.8, 4) is 0 Å². The van der Waals surface area contributed by atoms with E-state index in [0.717, 1.165) is 27.4 Å². The van der Waals surface area contributed by atoms with Crippen molar-refractivity contribution < 1.29 is 40.7 Å². The highest BCUT2D eigenvalue weighted by Crippen LogP contribution is 2.36. The Bertz CT molecular complexity index is 1680. The van der Waals surface area contributed by atoms with Crippen molar-refractivity contribution in [1.82, 2.24) is 14.8 Å². The minimum Gasteiger partial charge on any atom is -0.350 e. The molecular weight excluding hydrogens is 588 g/mol. The first kappa shape index (κ1) is 32.1. The third-order valence-corrected chi connectivity index (χ3v) is 7.05. The number of nitrogens with one attached hydrogen (secondary N) is 1. The predicted octanol–water partition coefficient (Wildman–Crippen LogP) is 6.45. The Labute approximate surface area is 248 Å². The van der Waals surface area contributed by atoms with E-state index in [-0.39, 0.29) is 24.8 Å². The molecule has 0 bridgehead atoms. The molecule has 0 spiro atoms. The molecule has 0 aliphatic heterocycles. The summed E-state index contributed by atoms with van der Waals surface area (Å²) in [5.74, 6) is -2.15. The van der Waals surface area contributed by atoms with Gasteiger partial charge in [-0.05, 0) is 36.2 Å². The lowest BCUT2D eigenvalue weighted by Crippen LogP contribution is -2.38. The summed E-state index contributed by atoms with van der Waals surface area (Å²) in [6.07, 6.45) is -6.01. The van der Waals surface area contributed by atoms with Crippen LogP contribution in [-0.2, 0) is 30.6 Å². The third kappa shape index (κ3) is 7.55.